The maximum atomic E-state index is 12.3. The molecule has 1 aromatic carbocycles. The van der Waals surface area contributed by atoms with E-state index < -0.39 is 5.91 Å². The molecule has 24 heavy (non-hydrogen) atoms. The average molecular weight is 367 g/mol. The average Bonchev–Trinajstić information content (AvgIpc) is 3.10. The number of hydrogen-bond acceptors (Lipinski definition) is 6. The molecule has 2 aromatic rings. The van der Waals surface area contributed by atoms with Crippen molar-refractivity contribution in [2.75, 3.05) is 32.8 Å². The second kappa shape index (κ2) is 7.69. The van der Waals surface area contributed by atoms with E-state index in [1.807, 2.05) is 0 Å². The monoisotopic (exact) mass is 366 g/mol. The van der Waals surface area contributed by atoms with Crippen LogP contribution in [0.3, 0.4) is 0 Å². The van der Waals surface area contributed by atoms with E-state index in [2.05, 4.69) is 14.9 Å². The van der Waals surface area contributed by atoms with Crippen molar-refractivity contribution >= 4 is 34.9 Å². The molecule has 1 fully saturated rings. The Morgan fingerprint density at radius 1 is 1.25 bits per heavy atom. The van der Waals surface area contributed by atoms with E-state index in [-0.39, 0.29) is 18.1 Å². The molecule has 7 nitrogen and oxygen atoms in total. The predicted octanol–water partition coefficient (Wildman–Crippen LogP) is 1.45. The number of nitrogens with zero attached hydrogens (tertiary/aromatic N) is 3. The van der Waals surface area contributed by atoms with Crippen molar-refractivity contribution in [3.8, 4) is 10.4 Å². The van der Waals surface area contributed by atoms with Crippen molar-refractivity contribution in [3.05, 3.63) is 35.0 Å². The lowest BCUT2D eigenvalue weighted by Crippen LogP contribution is -2.45. The van der Waals surface area contributed by atoms with Crippen LogP contribution in [0, 0.1) is 0 Å². The Morgan fingerprint density at radius 2 is 1.96 bits per heavy atom. The molecule has 126 valence electrons. The zero-order chi connectivity index (χ0) is 16.9. The van der Waals surface area contributed by atoms with Crippen molar-refractivity contribution in [1.29, 1.82) is 0 Å². The minimum Gasteiger partial charge on any atom is -0.378 e. The van der Waals surface area contributed by atoms with Crippen molar-refractivity contribution in [3.63, 3.8) is 0 Å². The first kappa shape index (κ1) is 16.8. The van der Waals surface area contributed by atoms with E-state index in [1.54, 1.807) is 29.2 Å². The Labute approximate surface area is 147 Å². The summed E-state index contributed by atoms with van der Waals surface area (Å²) in [6.07, 6.45) is 0. The summed E-state index contributed by atoms with van der Waals surface area (Å²) < 4.78 is 9.04. The van der Waals surface area contributed by atoms with Gasteiger partial charge in [0.1, 0.15) is 0 Å². The van der Waals surface area contributed by atoms with E-state index >= 15 is 0 Å². The van der Waals surface area contributed by atoms with E-state index in [0.717, 1.165) is 17.1 Å². The molecule has 1 N–H and O–H groups in total. The molecule has 3 rings (SSSR count). The van der Waals surface area contributed by atoms with E-state index in [9.17, 15) is 9.59 Å². The molecule has 0 bridgehead atoms. The van der Waals surface area contributed by atoms with Crippen molar-refractivity contribution in [2.45, 2.75) is 0 Å². The van der Waals surface area contributed by atoms with Crippen LogP contribution < -0.4 is 5.32 Å². The van der Waals surface area contributed by atoms with E-state index in [0.29, 0.717) is 36.2 Å². The van der Waals surface area contributed by atoms with Crippen molar-refractivity contribution in [1.82, 2.24) is 19.8 Å². The number of carbonyl (C=O) groups is 2. The highest BCUT2D eigenvalue weighted by Crippen LogP contribution is 2.27. The SMILES string of the molecule is O=C(NCC(=O)N1CCOCC1)c1nnsc1-c1ccc(Cl)cc1. The van der Waals surface area contributed by atoms with Gasteiger partial charge < -0.3 is 15.0 Å². The minimum absolute atomic E-state index is 0.0730. The fourth-order valence-corrected chi connectivity index (χ4v) is 3.09. The Bertz CT molecular complexity index is 729. The maximum absolute atomic E-state index is 12.3. The third kappa shape index (κ3) is 3.89. The summed E-state index contributed by atoms with van der Waals surface area (Å²) in [5.74, 6) is -0.557. The molecule has 0 aliphatic carbocycles. The third-order valence-corrected chi connectivity index (χ3v) is 4.60. The number of benzene rings is 1. The number of morpholine rings is 1. The summed E-state index contributed by atoms with van der Waals surface area (Å²) in [4.78, 5) is 26.7. The standard InChI is InChI=1S/C15H15ClN4O3S/c16-11-3-1-10(2-4-11)14-13(18-19-24-14)15(22)17-9-12(21)20-5-7-23-8-6-20/h1-4H,5-9H2,(H,17,22). The molecule has 2 amide bonds. The lowest BCUT2D eigenvalue weighted by atomic mass is 10.1. The molecule has 0 radical (unpaired) electrons. The molecule has 2 heterocycles. The normalized spacial score (nSPS) is 14.5. The lowest BCUT2D eigenvalue weighted by molar-refractivity contribution is -0.134. The second-order valence-electron chi connectivity index (χ2n) is 5.13. The number of rotatable bonds is 4. The molecular formula is C15H15ClN4O3S. The van der Waals surface area contributed by atoms with Crippen LogP contribution in [0.25, 0.3) is 10.4 Å². The number of aromatic nitrogens is 2. The number of hydrogen-bond donors (Lipinski definition) is 1. The van der Waals surface area contributed by atoms with Gasteiger partial charge in [0.05, 0.1) is 24.6 Å². The molecule has 0 unspecified atom stereocenters. The van der Waals surface area contributed by atoms with E-state index in [4.69, 9.17) is 16.3 Å². The lowest BCUT2D eigenvalue weighted by Gasteiger charge is -2.26. The highest BCUT2D eigenvalue weighted by molar-refractivity contribution is 7.09. The number of ether oxygens (including phenoxy) is 1. The summed E-state index contributed by atoms with van der Waals surface area (Å²) in [5.41, 5.74) is 1.01. The Balaban J connectivity index is 1.64. The van der Waals surface area contributed by atoms with Crippen LogP contribution in [-0.4, -0.2) is 59.1 Å². The first-order valence-corrected chi connectivity index (χ1v) is 8.52. The number of nitrogens with one attached hydrogen (secondary N) is 1. The zero-order valence-electron chi connectivity index (χ0n) is 12.7. The number of carbonyl (C=O) groups excluding carboxylic acids is 2. The summed E-state index contributed by atoms with van der Waals surface area (Å²) >= 11 is 7.00. The van der Waals surface area contributed by atoms with Crippen LogP contribution in [0.2, 0.25) is 5.02 Å². The molecule has 0 atom stereocenters. The topological polar surface area (TPSA) is 84.4 Å². The Hall–Kier alpha value is -2.03. The van der Waals surface area contributed by atoms with Crippen LogP contribution in [0.5, 0.6) is 0 Å². The van der Waals surface area contributed by atoms with Gasteiger partial charge in [-0.1, -0.05) is 28.2 Å². The quantitative estimate of drug-likeness (QED) is 0.885. The highest BCUT2D eigenvalue weighted by Gasteiger charge is 2.21. The fourth-order valence-electron chi connectivity index (χ4n) is 2.29. The summed E-state index contributed by atoms with van der Waals surface area (Å²) in [6, 6.07) is 7.07. The van der Waals surface area contributed by atoms with Gasteiger partial charge in [0.2, 0.25) is 5.91 Å². The summed E-state index contributed by atoms with van der Waals surface area (Å²) in [5, 5.41) is 7.10. The first-order chi connectivity index (χ1) is 11.6. The summed E-state index contributed by atoms with van der Waals surface area (Å²) in [7, 11) is 0. The van der Waals surface area contributed by atoms with Crippen molar-refractivity contribution < 1.29 is 14.3 Å². The zero-order valence-corrected chi connectivity index (χ0v) is 14.3. The van der Waals surface area contributed by atoms with Gasteiger partial charge in [-0.3, -0.25) is 9.59 Å². The molecule has 1 aliphatic heterocycles. The van der Waals surface area contributed by atoms with Gasteiger partial charge in [-0.05, 0) is 29.2 Å². The molecular weight excluding hydrogens is 352 g/mol. The van der Waals surface area contributed by atoms with Gasteiger partial charge in [-0.15, -0.1) is 5.10 Å². The smallest absolute Gasteiger partial charge is 0.273 e. The molecule has 0 spiro atoms. The second-order valence-corrected chi connectivity index (χ2v) is 6.32. The van der Waals surface area contributed by atoms with Gasteiger partial charge in [-0.25, -0.2) is 0 Å². The van der Waals surface area contributed by atoms with Gasteiger partial charge in [0, 0.05) is 18.1 Å². The number of amides is 2. The van der Waals surface area contributed by atoms with E-state index in [1.165, 1.54) is 0 Å². The van der Waals surface area contributed by atoms with Gasteiger partial charge in [-0.2, -0.15) is 0 Å². The van der Waals surface area contributed by atoms with Crippen molar-refractivity contribution in [2.24, 2.45) is 0 Å². The van der Waals surface area contributed by atoms with Gasteiger partial charge in [0.15, 0.2) is 5.69 Å². The molecule has 9 heteroatoms. The minimum atomic E-state index is -0.421. The van der Waals surface area contributed by atoms with Gasteiger partial charge in [0.25, 0.3) is 5.91 Å². The maximum Gasteiger partial charge on any atom is 0.273 e. The summed E-state index contributed by atoms with van der Waals surface area (Å²) in [6.45, 7) is 2.06. The van der Waals surface area contributed by atoms with Crippen LogP contribution >= 0.6 is 23.1 Å². The molecule has 1 saturated heterocycles. The van der Waals surface area contributed by atoms with Crippen LogP contribution in [-0.2, 0) is 9.53 Å². The molecule has 1 aromatic heterocycles. The Kier molecular flexibility index (Phi) is 5.39. The predicted molar refractivity (Wildman–Crippen MR) is 90.1 cm³/mol. The number of halogens is 1. The fraction of sp³-hybridized carbons (Fsp3) is 0.333. The third-order valence-electron chi connectivity index (χ3n) is 3.57. The van der Waals surface area contributed by atoms with Crippen LogP contribution in [0.4, 0.5) is 0 Å². The largest absolute Gasteiger partial charge is 0.378 e. The molecule has 0 saturated carbocycles. The Morgan fingerprint density at radius 3 is 2.67 bits per heavy atom. The first-order valence-electron chi connectivity index (χ1n) is 7.37. The van der Waals surface area contributed by atoms with Gasteiger partial charge >= 0.3 is 0 Å². The van der Waals surface area contributed by atoms with Crippen LogP contribution in [0.15, 0.2) is 24.3 Å². The van der Waals surface area contributed by atoms with Crippen LogP contribution in [0.1, 0.15) is 10.5 Å². The highest BCUT2D eigenvalue weighted by atomic mass is 35.5. The molecule has 1 aliphatic rings.